The Morgan fingerprint density at radius 1 is 1.38 bits per heavy atom. The van der Waals surface area contributed by atoms with Crippen LogP contribution in [0.25, 0.3) is 0 Å². The van der Waals surface area contributed by atoms with Crippen molar-refractivity contribution in [3.63, 3.8) is 0 Å². The topological polar surface area (TPSA) is 101 Å². The first-order valence-electron chi connectivity index (χ1n) is 3.47. The molecule has 0 radical (unpaired) electrons. The molecule has 0 bridgehead atoms. The molecule has 0 aromatic rings. The van der Waals surface area contributed by atoms with E-state index in [2.05, 4.69) is 4.74 Å². The number of carbonyl (C=O) groups is 2. The van der Waals surface area contributed by atoms with Crippen molar-refractivity contribution in [1.29, 1.82) is 0 Å². The second kappa shape index (κ2) is 9.66. The number of esters is 1. The van der Waals surface area contributed by atoms with E-state index in [1.54, 1.807) is 6.92 Å². The molecular weight excluding hydrogens is 216 g/mol. The van der Waals surface area contributed by atoms with Crippen molar-refractivity contribution in [3.8, 4) is 0 Å². The van der Waals surface area contributed by atoms with Gasteiger partial charge in [0.15, 0.2) is 0 Å². The average Bonchev–Trinajstić information content (AvgIpc) is 1.83. The molecule has 6 nitrogen and oxygen atoms in total. The number of hydrogen-bond donors (Lipinski definition) is 2. The summed E-state index contributed by atoms with van der Waals surface area (Å²) in [5.41, 5.74) is 0. The Labute approximate surface area is 82.6 Å². The fourth-order valence-corrected chi connectivity index (χ4v) is 0.415. The van der Waals surface area contributed by atoms with Crippen molar-refractivity contribution in [2.24, 2.45) is 0 Å². The molecule has 0 aromatic carbocycles. The van der Waals surface area contributed by atoms with Gasteiger partial charge in [0.05, 0.1) is 6.61 Å². The molecule has 13 heavy (non-hydrogen) atoms. The number of ether oxygens (including phenoxy) is 1. The maximum atomic E-state index is 10.4. The summed E-state index contributed by atoms with van der Waals surface area (Å²) in [5, 5.41) is 0. The van der Waals surface area contributed by atoms with Crippen LogP contribution in [-0.4, -0.2) is 25.7 Å². The van der Waals surface area contributed by atoms with Gasteiger partial charge in [-0.1, -0.05) is 0 Å². The third-order valence-electron chi connectivity index (χ3n) is 0.699. The third kappa shape index (κ3) is 24.5. The van der Waals surface area contributed by atoms with E-state index in [4.69, 9.17) is 10.7 Å². The van der Waals surface area contributed by atoms with E-state index in [1.165, 1.54) is 6.92 Å². The van der Waals surface area contributed by atoms with Gasteiger partial charge in [0, 0.05) is 0 Å². The van der Waals surface area contributed by atoms with Crippen LogP contribution in [-0.2, 0) is 36.3 Å². The molecule has 0 saturated heterocycles. The van der Waals surface area contributed by atoms with Gasteiger partial charge in [-0.3, -0.25) is 9.59 Å². The van der Waals surface area contributed by atoms with E-state index in [-0.39, 0.29) is 12.2 Å². The summed E-state index contributed by atoms with van der Waals surface area (Å²) in [6.45, 7) is 3.40. The molecule has 0 heterocycles. The second-order valence-corrected chi connectivity index (χ2v) is 2.85. The predicted molar refractivity (Wildman–Crippen MR) is 37.1 cm³/mol. The Balaban J connectivity index is 0. The Bertz CT molecular complexity index is 186. The van der Waals surface area contributed by atoms with Crippen molar-refractivity contribution in [1.82, 2.24) is 0 Å². The van der Waals surface area contributed by atoms with Gasteiger partial charge >= 0.3 is 35.3 Å². The van der Waals surface area contributed by atoms with Crippen molar-refractivity contribution in [2.45, 2.75) is 20.3 Å². The van der Waals surface area contributed by atoms with E-state index in [1.807, 2.05) is 0 Å². The van der Waals surface area contributed by atoms with E-state index in [0.717, 1.165) is 0 Å². The molecule has 76 valence electrons. The van der Waals surface area contributed by atoms with Gasteiger partial charge in [0.2, 0.25) is 0 Å². The second-order valence-electron chi connectivity index (χ2n) is 1.97. The first-order chi connectivity index (χ1) is 5.90. The monoisotopic (exact) mass is 228 g/mol. The Kier molecular flexibility index (Phi) is 11.2. The molecular formula is C6H12O6Ti. The normalized spacial score (nSPS) is 8.00. The van der Waals surface area contributed by atoms with E-state index < -0.39 is 24.6 Å². The zero-order valence-electron chi connectivity index (χ0n) is 7.44. The number of carbonyl (C=O) groups excluding carboxylic acids is 2. The number of rotatable bonds is 3. The summed E-state index contributed by atoms with van der Waals surface area (Å²) in [5.74, 6) is -0.599. The maximum absolute atomic E-state index is 10.4. The van der Waals surface area contributed by atoms with Gasteiger partial charge in [-0.2, -0.15) is 0 Å². The molecule has 0 spiro atoms. The minimum atomic E-state index is -3.58. The molecule has 7 heteroatoms. The Morgan fingerprint density at radius 2 is 1.77 bits per heavy atom. The van der Waals surface area contributed by atoms with Crippen LogP contribution in [0.2, 0.25) is 0 Å². The molecule has 0 aliphatic carbocycles. The molecule has 0 fully saturated rings. The molecule has 0 rings (SSSR count). The average molecular weight is 228 g/mol. The molecule has 0 aliphatic rings. The summed E-state index contributed by atoms with van der Waals surface area (Å²) < 4.78 is 27.7. The van der Waals surface area contributed by atoms with E-state index in [9.17, 15) is 9.59 Å². The Hall–Kier alpha value is -0.426. The SMILES string of the molecule is CCOC(=O)CC(C)=O.[O]=[Ti]([OH])[OH]. The number of ketones is 1. The molecule has 0 saturated carbocycles. The fourth-order valence-electron chi connectivity index (χ4n) is 0.415. The summed E-state index contributed by atoms with van der Waals surface area (Å²) in [7, 11) is 0. The van der Waals surface area contributed by atoms with Crippen molar-refractivity contribution in [3.05, 3.63) is 0 Å². The van der Waals surface area contributed by atoms with Gasteiger partial charge in [0.25, 0.3) is 0 Å². The summed E-state index contributed by atoms with van der Waals surface area (Å²) in [4.78, 5) is 20.6. The van der Waals surface area contributed by atoms with Crippen LogP contribution < -0.4 is 0 Å². The Morgan fingerprint density at radius 3 is 2.00 bits per heavy atom. The van der Waals surface area contributed by atoms with Gasteiger partial charge in [0.1, 0.15) is 12.2 Å². The number of hydrogen-bond acceptors (Lipinski definition) is 4. The zero-order valence-corrected chi connectivity index (χ0v) is 9.00. The van der Waals surface area contributed by atoms with Crippen LogP contribution in [0.15, 0.2) is 0 Å². The molecule has 0 aliphatic heterocycles. The van der Waals surface area contributed by atoms with Crippen molar-refractivity contribution in [2.75, 3.05) is 6.61 Å². The predicted octanol–water partition coefficient (Wildman–Crippen LogP) is -0.707. The quantitative estimate of drug-likeness (QED) is 0.376. The van der Waals surface area contributed by atoms with Crippen LogP contribution in [0, 0.1) is 0 Å². The van der Waals surface area contributed by atoms with Gasteiger partial charge in [-0.15, -0.1) is 0 Å². The van der Waals surface area contributed by atoms with Crippen molar-refractivity contribution >= 4 is 11.8 Å². The molecule has 2 N–H and O–H groups in total. The first kappa shape index (κ1) is 15.1. The first-order valence-corrected chi connectivity index (χ1v) is 5.50. The van der Waals surface area contributed by atoms with E-state index >= 15 is 0 Å². The van der Waals surface area contributed by atoms with Gasteiger partial charge < -0.3 is 4.74 Å². The van der Waals surface area contributed by atoms with Gasteiger partial charge in [-0.05, 0) is 13.8 Å². The van der Waals surface area contributed by atoms with Crippen molar-refractivity contribution < 1.29 is 43.6 Å². The molecule has 0 atom stereocenters. The summed E-state index contributed by atoms with van der Waals surface area (Å²) in [6.07, 6.45) is -0.103. The summed E-state index contributed by atoms with van der Waals surface area (Å²) in [6, 6.07) is 0. The minimum absolute atomic E-state index is 0.103. The summed E-state index contributed by atoms with van der Waals surface area (Å²) >= 11 is -3.58. The van der Waals surface area contributed by atoms with Crippen LogP contribution in [0.1, 0.15) is 20.3 Å². The van der Waals surface area contributed by atoms with Gasteiger partial charge in [-0.25, -0.2) is 0 Å². The molecule has 0 amide bonds. The van der Waals surface area contributed by atoms with Crippen LogP contribution >= 0.6 is 0 Å². The fraction of sp³-hybridized carbons (Fsp3) is 0.667. The molecule has 0 aromatic heterocycles. The number of Topliss-reactive ketones (excluding diaryl/α,β-unsaturated/α-hetero) is 1. The molecule has 0 unspecified atom stereocenters. The zero-order chi connectivity index (χ0) is 10.9. The van der Waals surface area contributed by atoms with E-state index in [0.29, 0.717) is 6.61 Å². The third-order valence-corrected chi connectivity index (χ3v) is 0.699. The van der Waals surface area contributed by atoms with Crippen LogP contribution in [0.4, 0.5) is 0 Å². The van der Waals surface area contributed by atoms with Crippen LogP contribution in [0.3, 0.4) is 0 Å². The standard InChI is InChI=1S/C6H10O3.2H2O.O.Ti/c1-3-9-6(8)4-5(2)7;;;;/h3-4H2,1-2H3;2*1H2;;/q;;;;+2/p-2. The van der Waals surface area contributed by atoms with Crippen LogP contribution in [0.5, 0.6) is 0 Å².